The molecule has 5 heteroatoms. The fourth-order valence-electron chi connectivity index (χ4n) is 11.4. The number of Topliss-reactive ketones (excluding diaryl/α,β-unsaturated/α-hetero) is 1. The highest BCUT2D eigenvalue weighted by Crippen LogP contribution is 2.69. The van der Waals surface area contributed by atoms with Gasteiger partial charge in [-0.15, -0.1) is 0 Å². The minimum Gasteiger partial charge on any atom is -0.393 e. The van der Waals surface area contributed by atoms with Gasteiger partial charge in [0.25, 0.3) is 0 Å². The summed E-state index contributed by atoms with van der Waals surface area (Å²) in [7, 11) is -3.25. The van der Waals surface area contributed by atoms with E-state index in [4.69, 9.17) is 0 Å². The van der Waals surface area contributed by atoms with E-state index in [0.717, 1.165) is 81.0 Å². The molecule has 0 aromatic carbocycles. The molecule has 5 aliphatic carbocycles. The number of aliphatic hydroxyl groups excluding tert-OH is 1. The first kappa shape index (κ1) is 29.1. The van der Waals surface area contributed by atoms with Gasteiger partial charge in [-0.1, -0.05) is 53.4 Å². The van der Waals surface area contributed by atoms with Crippen molar-refractivity contribution in [3.8, 4) is 0 Å². The van der Waals surface area contributed by atoms with Gasteiger partial charge in [-0.3, -0.25) is 4.79 Å². The van der Waals surface area contributed by atoms with Gasteiger partial charge in [0.2, 0.25) is 0 Å². The van der Waals surface area contributed by atoms with Crippen LogP contribution in [0.2, 0.25) is 0 Å². The normalized spacial score (nSPS) is 44.3. The highest BCUT2D eigenvalue weighted by atomic mass is 32.2. The van der Waals surface area contributed by atoms with Gasteiger partial charge in [0.1, 0.15) is 11.5 Å². The van der Waals surface area contributed by atoms with E-state index >= 15 is 0 Å². The van der Waals surface area contributed by atoms with Gasteiger partial charge in [0.05, 0.1) is 11.4 Å². The highest BCUT2D eigenvalue weighted by molar-refractivity contribution is 7.92. The van der Waals surface area contributed by atoms with E-state index in [0.29, 0.717) is 29.1 Å². The van der Waals surface area contributed by atoms with E-state index < -0.39 is 9.84 Å². The standard InChI is InChI=1S/C33H56O4S/c1-5-23-19-27-29-14-13-28(22(2)9-8-10-25(35)21-38(36,37)26-11-6-7-12-26)32(29,3)18-16-30(27)33(4)17-15-24(34)20-31(23)33/h22-24,26-31,34H,5-21H2,1-4H3/t22-,23+,24-,27+,28-,29+,30+,31+,32-,33-/m1/s1. The maximum Gasteiger partial charge on any atom is 0.160 e. The number of carbonyl (C=O) groups is 1. The second kappa shape index (κ2) is 11.1. The fourth-order valence-corrected chi connectivity index (χ4v) is 13.3. The predicted octanol–water partition coefficient (Wildman–Crippen LogP) is 7.38. The number of carbonyl (C=O) groups excluding carboxylic acids is 1. The van der Waals surface area contributed by atoms with E-state index in [-0.39, 0.29) is 22.9 Å². The molecule has 10 atom stereocenters. The lowest BCUT2D eigenvalue weighted by Gasteiger charge is -2.63. The van der Waals surface area contributed by atoms with Crippen molar-refractivity contribution in [1.29, 1.82) is 0 Å². The Kier molecular flexibility index (Phi) is 8.50. The molecule has 0 radical (unpaired) electrons. The van der Waals surface area contributed by atoms with Crippen molar-refractivity contribution in [2.45, 2.75) is 142 Å². The van der Waals surface area contributed by atoms with Crippen LogP contribution in [-0.2, 0) is 14.6 Å². The molecule has 1 N–H and O–H groups in total. The third-order valence-corrected chi connectivity index (χ3v) is 15.6. The number of sulfone groups is 1. The molecule has 5 aliphatic rings. The van der Waals surface area contributed by atoms with Crippen molar-refractivity contribution >= 4 is 15.6 Å². The van der Waals surface area contributed by atoms with Crippen LogP contribution < -0.4 is 0 Å². The average Bonchev–Trinajstić information content (AvgIpc) is 3.52. The van der Waals surface area contributed by atoms with Crippen LogP contribution in [0.25, 0.3) is 0 Å². The van der Waals surface area contributed by atoms with Crippen LogP contribution in [0, 0.1) is 52.3 Å². The van der Waals surface area contributed by atoms with Crippen LogP contribution >= 0.6 is 0 Å². The molecule has 0 saturated heterocycles. The summed E-state index contributed by atoms with van der Waals surface area (Å²) in [6.07, 6.45) is 16.9. The number of ketones is 1. The van der Waals surface area contributed by atoms with Crippen LogP contribution in [0.1, 0.15) is 130 Å². The van der Waals surface area contributed by atoms with E-state index in [1.807, 2.05) is 0 Å². The summed E-state index contributed by atoms with van der Waals surface area (Å²) in [5.41, 5.74) is 0.819. The van der Waals surface area contributed by atoms with Crippen LogP contribution in [0.5, 0.6) is 0 Å². The number of aliphatic hydroxyl groups is 1. The third kappa shape index (κ3) is 5.19. The first-order chi connectivity index (χ1) is 18.0. The van der Waals surface area contributed by atoms with Gasteiger partial charge >= 0.3 is 0 Å². The molecule has 0 unspecified atom stereocenters. The fraction of sp³-hybridized carbons (Fsp3) is 0.970. The zero-order valence-electron chi connectivity index (χ0n) is 24.8. The van der Waals surface area contributed by atoms with Gasteiger partial charge in [-0.2, -0.15) is 0 Å². The quantitative estimate of drug-likeness (QED) is 0.326. The summed E-state index contributed by atoms with van der Waals surface area (Å²) in [5, 5.41) is 10.3. The lowest BCUT2D eigenvalue weighted by Crippen LogP contribution is -2.56. The summed E-state index contributed by atoms with van der Waals surface area (Å²) >= 11 is 0. The van der Waals surface area contributed by atoms with Crippen molar-refractivity contribution in [3.63, 3.8) is 0 Å². The molecule has 0 aliphatic heterocycles. The van der Waals surface area contributed by atoms with Crippen molar-refractivity contribution in [3.05, 3.63) is 0 Å². The molecular weight excluding hydrogens is 492 g/mol. The van der Waals surface area contributed by atoms with Gasteiger partial charge in [-0.25, -0.2) is 8.42 Å². The Balaban J connectivity index is 1.19. The van der Waals surface area contributed by atoms with Crippen molar-refractivity contribution in [2.24, 2.45) is 52.3 Å². The minimum atomic E-state index is -3.25. The predicted molar refractivity (Wildman–Crippen MR) is 154 cm³/mol. The van der Waals surface area contributed by atoms with Crippen LogP contribution in [0.15, 0.2) is 0 Å². The second-order valence-electron chi connectivity index (χ2n) is 15.2. The Labute approximate surface area is 233 Å². The number of hydrogen-bond donors (Lipinski definition) is 1. The first-order valence-electron chi connectivity index (χ1n) is 16.4. The van der Waals surface area contributed by atoms with E-state index in [1.165, 1.54) is 44.9 Å². The van der Waals surface area contributed by atoms with Crippen LogP contribution in [-0.4, -0.2) is 36.4 Å². The molecule has 218 valence electrons. The van der Waals surface area contributed by atoms with Gasteiger partial charge in [0, 0.05) is 6.42 Å². The van der Waals surface area contributed by atoms with Crippen molar-refractivity contribution in [1.82, 2.24) is 0 Å². The molecule has 4 nitrogen and oxygen atoms in total. The zero-order valence-corrected chi connectivity index (χ0v) is 25.6. The Hall–Kier alpha value is -0.420. The summed E-state index contributed by atoms with van der Waals surface area (Å²) in [6.45, 7) is 10.0. The molecule has 0 aromatic heterocycles. The molecule has 0 aromatic rings. The average molecular weight is 549 g/mol. The van der Waals surface area contributed by atoms with E-state index in [1.54, 1.807) is 0 Å². The largest absolute Gasteiger partial charge is 0.393 e. The van der Waals surface area contributed by atoms with E-state index in [9.17, 15) is 18.3 Å². The zero-order chi connectivity index (χ0) is 27.3. The molecule has 38 heavy (non-hydrogen) atoms. The van der Waals surface area contributed by atoms with Crippen LogP contribution in [0.3, 0.4) is 0 Å². The Bertz CT molecular complexity index is 954. The Morgan fingerprint density at radius 1 is 0.921 bits per heavy atom. The number of hydrogen-bond acceptors (Lipinski definition) is 4. The third-order valence-electron chi connectivity index (χ3n) is 13.4. The molecule has 0 amide bonds. The summed E-state index contributed by atoms with van der Waals surface area (Å²) in [6, 6.07) is 0. The molecule has 0 heterocycles. The smallest absolute Gasteiger partial charge is 0.160 e. The van der Waals surface area contributed by atoms with Gasteiger partial charge < -0.3 is 5.11 Å². The first-order valence-corrected chi connectivity index (χ1v) is 18.1. The highest BCUT2D eigenvalue weighted by Gasteiger charge is 2.62. The second-order valence-corrected chi connectivity index (χ2v) is 17.5. The van der Waals surface area contributed by atoms with Crippen molar-refractivity contribution in [2.75, 3.05) is 5.75 Å². The Morgan fingerprint density at radius 2 is 1.61 bits per heavy atom. The summed E-state index contributed by atoms with van der Waals surface area (Å²) in [5.74, 6) is 5.00. The molecular formula is C33H56O4S. The maximum atomic E-state index is 12.6. The number of rotatable bonds is 9. The van der Waals surface area contributed by atoms with Crippen LogP contribution in [0.4, 0.5) is 0 Å². The van der Waals surface area contributed by atoms with Crippen molar-refractivity contribution < 1.29 is 18.3 Å². The molecule has 5 rings (SSSR count). The van der Waals surface area contributed by atoms with Gasteiger partial charge in [-0.05, 0) is 123 Å². The summed E-state index contributed by atoms with van der Waals surface area (Å²) < 4.78 is 25.2. The molecule has 0 spiro atoms. The molecule has 5 saturated carbocycles. The SMILES string of the molecule is CC[C@H]1C[C@@H]2[C@H](CC[C@]3(C)[C@@H]([C@H](C)CCCC(=O)CS(=O)(=O)C4CCCC4)CC[C@@H]23)[C@@]2(C)CC[C@@H](O)C[C@@H]12. The molecule has 5 fully saturated rings. The summed E-state index contributed by atoms with van der Waals surface area (Å²) in [4.78, 5) is 12.6. The topological polar surface area (TPSA) is 71.4 Å². The maximum absolute atomic E-state index is 12.6. The monoisotopic (exact) mass is 548 g/mol. The molecule has 0 bridgehead atoms. The Morgan fingerprint density at radius 3 is 2.32 bits per heavy atom. The van der Waals surface area contributed by atoms with Gasteiger partial charge in [0.15, 0.2) is 9.84 Å². The number of fused-ring (bicyclic) bond motifs is 5. The van der Waals surface area contributed by atoms with E-state index in [2.05, 4.69) is 27.7 Å². The minimum absolute atomic E-state index is 0.0617. The lowest BCUT2D eigenvalue weighted by molar-refractivity contribution is -0.152. The lowest BCUT2D eigenvalue weighted by atomic mass is 9.42.